The number of benzene rings is 1. The number of ether oxygens (including phenoxy) is 1. The van der Waals surface area contributed by atoms with Gasteiger partial charge in [0.05, 0.1) is 6.54 Å². The molecule has 0 saturated heterocycles. The highest BCUT2D eigenvalue weighted by molar-refractivity contribution is 5.97. The standard InChI is InChI=1S/C15H13F3N4O2/c1-22-9-12(13(19)23)14(21-22)20-7-3-5-10-4-2-6-11(8-10)24-15(16,17)18/h2,4,6,8-9H,7H2,1H3,(H2,19,23)(H,20,21). The molecular weight excluding hydrogens is 325 g/mol. The van der Waals surface area contributed by atoms with E-state index in [1.54, 1.807) is 13.1 Å². The molecule has 1 aromatic carbocycles. The molecule has 0 bridgehead atoms. The van der Waals surface area contributed by atoms with Gasteiger partial charge in [-0.05, 0) is 18.2 Å². The number of amides is 1. The summed E-state index contributed by atoms with van der Waals surface area (Å²) >= 11 is 0. The van der Waals surface area contributed by atoms with E-state index in [0.717, 1.165) is 0 Å². The van der Waals surface area contributed by atoms with Crippen LogP contribution in [0.3, 0.4) is 0 Å². The fourth-order valence-corrected chi connectivity index (χ4v) is 1.84. The largest absolute Gasteiger partial charge is 0.573 e. The molecule has 0 unspecified atom stereocenters. The summed E-state index contributed by atoms with van der Waals surface area (Å²) in [5.74, 6) is 4.71. The van der Waals surface area contributed by atoms with E-state index in [0.29, 0.717) is 5.56 Å². The average Bonchev–Trinajstić information content (AvgIpc) is 2.83. The van der Waals surface area contributed by atoms with E-state index in [2.05, 4.69) is 27.0 Å². The molecule has 0 saturated carbocycles. The highest BCUT2D eigenvalue weighted by Gasteiger charge is 2.31. The van der Waals surface area contributed by atoms with E-state index >= 15 is 0 Å². The lowest BCUT2D eigenvalue weighted by atomic mass is 10.2. The topological polar surface area (TPSA) is 82.2 Å². The monoisotopic (exact) mass is 338 g/mol. The third kappa shape index (κ3) is 4.95. The second-order valence-corrected chi connectivity index (χ2v) is 4.66. The van der Waals surface area contributed by atoms with Crippen molar-refractivity contribution in [3.8, 4) is 17.6 Å². The number of primary amides is 1. The molecule has 126 valence electrons. The molecule has 2 rings (SSSR count). The van der Waals surface area contributed by atoms with E-state index in [1.807, 2.05) is 0 Å². The molecule has 0 atom stereocenters. The molecular formula is C15H13F3N4O2. The predicted octanol–water partition coefficient (Wildman–Crippen LogP) is 1.88. The van der Waals surface area contributed by atoms with Crippen molar-refractivity contribution >= 4 is 11.7 Å². The fourth-order valence-electron chi connectivity index (χ4n) is 1.84. The first-order valence-electron chi connectivity index (χ1n) is 6.66. The van der Waals surface area contributed by atoms with Crippen molar-refractivity contribution in [1.82, 2.24) is 9.78 Å². The molecule has 3 N–H and O–H groups in total. The van der Waals surface area contributed by atoms with Crippen LogP contribution in [0.5, 0.6) is 5.75 Å². The summed E-state index contributed by atoms with van der Waals surface area (Å²) in [5.41, 5.74) is 5.79. The van der Waals surface area contributed by atoms with E-state index < -0.39 is 12.3 Å². The number of aryl methyl sites for hydroxylation is 1. The maximum absolute atomic E-state index is 12.2. The molecule has 0 aliphatic heterocycles. The second-order valence-electron chi connectivity index (χ2n) is 4.66. The summed E-state index contributed by atoms with van der Waals surface area (Å²) in [6, 6.07) is 5.31. The van der Waals surface area contributed by atoms with Crippen LogP contribution in [-0.2, 0) is 7.05 Å². The van der Waals surface area contributed by atoms with Crippen LogP contribution in [-0.4, -0.2) is 28.6 Å². The number of aromatic nitrogens is 2. The zero-order chi connectivity index (χ0) is 17.7. The number of alkyl halides is 3. The number of nitrogens with one attached hydrogen (secondary N) is 1. The van der Waals surface area contributed by atoms with Crippen LogP contribution in [0.1, 0.15) is 15.9 Å². The van der Waals surface area contributed by atoms with Gasteiger partial charge in [-0.2, -0.15) is 5.10 Å². The minimum Gasteiger partial charge on any atom is -0.406 e. The van der Waals surface area contributed by atoms with Crippen LogP contribution in [0.25, 0.3) is 0 Å². The minimum atomic E-state index is -4.75. The quantitative estimate of drug-likeness (QED) is 0.834. The van der Waals surface area contributed by atoms with Crippen LogP contribution in [0, 0.1) is 11.8 Å². The first kappa shape index (κ1) is 17.2. The van der Waals surface area contributed by atoms with Crippen molar-refractivity contribution in [3.63, 3.8) is 0 Å². The maximum atomic E-state index is 12.2. The number of carbonyl (C=O) groups excluding carboxylic acids is 1. The summed E-state index contributed by atoms with van der Waals surface area (Å²) in [4.78, 5) is 11.2. The van der Waals surface area contributed by atoms with Crippen molar-refractivity contribution < 1.29 is 22.7 Å². The molecule has 9 heteroatoms. The molecule has 0 radical (unpaired) electrons. The highest BCUT2D eigenvalue weighted by Crippen LogP contribution is 2.23. The van der Waals surface area contributed by atoms with E-state index in [9.17, 15) is 18.0 Å². The molecule has 24 heavy (non-hydrogen) atoms. The molecule has 6 nitrogen and oxygen atoms in total. The SMILES string of the molecule is Cn1cc(C(N)=O)c(NCC#Cc2cccc(OC(F)(F)F)c2)n1. The molecule has 0 spiro atoms. The van der Waals surface area contributed by atoms with Gasteiger partial charge in [0.15, 0.2) is 5.82 Å². The first-order valence-corrected chi connectivity index (χ1v) is 6.66. The molecule has 2 aromatic rings. The molecule has 1 amide bonds. The molecule has 0 aliphatic carbocycles. The second kappa shape index (κ2) is 6.95. The average molecular weight is 338 g/mol. The van der Waals surface area contributed by atoms with E-state index in [1.165, 1.54) is 29.1 Å². The van der Waals surface area contributed by atoms with E-state index in [-0.39, 0.29) is 23.7 Å². The maximum Gasteiger partial charge on any atom is 0.573 e. The summed E-state index contributed by atoms with van der Waals surface area (Å²) in [6.07, 6.45) is -3.28. The number of hydrogen-bond donors (Lipinski definition) is 2. The Hall–Kier alpha value is -3.15. The van der Waals surface area contributed by atoms with Gasteiger partial charge in [0.2, 0.25) is 0 Å². The van der Waals surface area contributed by atoms with E-state index in [4.69, 9.17) is 5.73 Å². The Morgan fingerprint density at radius 3 is 2.88 bits per heavy atom. The Bertz CT molecular complexity index is 803. The van der Waals surface area contributed by atoms with Gasteiger partial charge in [-0.25, -0.2) is 0 Å². The number of hydrogen-bond acceptors (Lipinski definition) is 4. The van der Waals surface area contributed by atoms with Crippen LogP contribution in [0.15, 0.2) is 30.5 Å². The third-order valence-electron chi connectivity index (χ3n) is 2.74. The van der Waals surface area contributed by atoms with Crippen LogP contribution in [0.4, 0.5) is 19.0 Å². The number of rotatable bonds is 4. The van der Waals surface area contributed by atoms with Gasteiger partial charge in [0, 0.05) is 18.8 Å². The lowest BCUT2D eigenvalue weighted by Crippen LogP contribution is -2.17. The van der Waals surface area contributed by atoms with Gasteiger partial charge in [-0.15, -0.1) is 13.2 Å². The van der Waals surface area contributed by atoms with Crippen molar-refractivity contribution in [2.24, 2.45) is 12.8 Å². The zero-order valence-electron chi connectivity index (χ0n) is 12.5. The van der Waals surface area contributed by atoms with Crippen LogP contribution < -0.4 is 15.8 Å². The normalized spacial score (nSPS) is 10.7. The van der Waals surface area contributed by atoms with Gasteiger partial charge in [0.25, 0.3) is 5.91 Å². The Morgan fingerprint density at radius 1 is 1.46 bits per heavy atom. The van der Waals surface area contributed by atoms with Crippen molar-refractivity contribution in [2.45, 2.75) is 6.36 Å². The molecule has 1 aromatic heterocycles. The smallest absolute Gasteiger partial charge is 0.406 e. The Labute approximate surface area is 135 Å². The lowest BCUT2D eigenvalue weighted by molar-refractivity contribution is -0.274. The lowest BCUT2D eigenvalue weighted by Gasteiger charge is -2.08. The van der Waals surface area contributed by atoms with Crippen molar-refractivity contribution in [2.75, 3.05) is 11.9 Å². The predicted molar refractivity (Wildman–Crippen MR) is 80.2 cm³/mol. The van der Waals surface area contributed by atoms with Crippen molar-refractivity contribution in [3.05, 3.63) is 41.6 Å². The van der Waals surface area contributed by atoms with Gasteiger partial charge < -0.3 is 15.8 Å². The van der Waals surface area contributed by atoms with Gasteiger partial charge in [0.1, 0.15) is 11.3 Å². The van der Waals surface area contributed by atoms with Gasteiger partial charge in [-0.3, -0.25) is 9.48 Å². The zero-order valence-corrected chi connectivity index (χ0v) is 12.5. The fraction of sp³-hybridized carbons (Fsp3) is 0.200. The van der Waals surface area contributed by atoms with Crippen LogP contribution in [0.2, 0.25) is 0 Å². The summed E-state index contributed by atoms with van der Waals surface area (Å²) in [5, 5.41) is 6.84. The summed E-state index contributed by atoms with van der Waals surface area (Å²) in [6.45, 7) is 0.127. The molecule has 1 heterocycles. The Morgan fingerprint density at radius 2 is 2.21 bits per heavy atom. The Kier molecular flexibility index (Phi) is 4.99. The number of nitrogens with zero attached hydrogens (tertiary/aromatic N) is 2. The third-order valence-corrected chi connectivity index (χ3v) is 2.74. The highest BCUT2D eigenvalue weighted by atomic mass is 19.4. The number of nitrogens with two attached hydrogens (primary N) is 1. The van der Waals surface area contributed by atoms with Crippen LogP contribution >= 0.6 is 0 Å². The summed E-state index contributed by atoms with van der Waals surface area (Å²) in [7, 11) is 1.63. The number of halogens is 3. The minimum absolute atomic E-state index is 0.127. The van der Waals surface area contributed by atoms with Gasteiger partial charge >= 0.3 is 6.36 Å². The molecule has 0 fully saturated rings. The Balaban J connectivity index is 2.01. The number of anilines is 1. The summed E-state index contributed by atoms with van der Waals surface area (Å²) < 4.78 is 41.7. The first-order chi connectivity index (χ1) is 11.2. The number of carbonyl (C=O) groups is 1. The van der Waals surface area contributed by atoms with Crippen molar-refractivity contribution in [1.29, 1.82) is 0 Å². The van der Waals surface area contributed by atoms with Gasteiger partial charge in [-0.1, -0.05) is 17.9 Å². The molecule has 0 aliphatic rings.